The lowest BCUT2D eigenvalue weighted by atomic mass is 9.94. The Morgan fingerprint density at radius 3 is 2.42 bits per heavy atom. The van der Waals surface area contributed by atoms with Gasteiger partial charge < -0.3 is 4.90 Å². The van der Waals surface area contributed by atoms with Crippen molar-refractivity contribution in [3.8, 4) is 0 Å². The Labute approximate surface area is 119 Å². The summed E-state index contributed by atoms with van der Waals surface area (Å²) < 4.78 is 27.3. The molecule has 2 nitrogen and oxygen atoms in total. The predicted octanol–water partition coefficient (Wildman–Crippen LogP) is 3.74. The van der Waals surface area contributed by atoms with Crippen molar-refractivity contribution >= 4 is 21.8 Å². The van der Waals surface area contributed by atoms with Crippen LogP contribution in [-0.4, -0.2) is 28.7 Å². The maximum Gasteiger partial charge on any atom is 0.259 e. The van der Waals surface area contributed by atoms with Gasteiger partial charge in [-0.3, -0.25) is 4.79 Å². The normalized spacial score (nSPS) is 23.2. The number of rotatable bonds is 2. The smallest absolute Gasteiger partial charge is 0.259 e. The van der Waals surface area contributed by atoms with Crippen LogP contribution in [0.2, 0.25) is 0 Å². The largest absolute Gasteiger partial charge is 0.337 e. The number of alkyl halides is 1. The quantitative estimate of drug-likeness (QED) is 0.756. The van der Waals surface area contributed by atoms with E-state index in [1.165, 1.54) is 11.0 Å². The molecule has 0 radical (unpaired) electrons. The van der Waals surface area contributed by atoms with Crippen LogP contribution in [0.1, 0.15) is 36.0 Å². The third-order valence-corrected chi connectivity index (χ3v) is 4.71. The second-order valence-electron chi connectivity index (χ2n) is 4.88. The first-order chi connectivity index (χ1) is 9.02. The molecule has 1 aromatic rings. The van der Waals surface area contributed by atoms with Crippen LogP contribution in [0.15, 0.2) is 18.2 Å². The van der Waals surface area contributed by atoms with Gasteiger partial charge in [0, 0.05) is 17.9 Å². The summed E-state index contributed by atoms with van der Waals surface area (Å²) in [4.78, 5) is 13.9. The van der Waals surface area contributed by atoms with Gasteiger partial charge in [-0.05, 0) is 25.0 Å². The van der Waals surface area contributed by atoms with E-state index in [4.69, 9.17) is 0 Å². The summed E-state index contributed by atoms with van der Waals surface area (Å²) in [7, 11) is 1.61. The molecule has 1 amide bonds. The third-order valence-electron chi connectivity index (χ3n) is 3.64. The first kappa shape index (κ1) is 14.4. The molecule has 0 N–H and O–H groups in total. The molecule has 0 bridgehead atoms. The Bertz CT molecular complexity index is 460. The lowest BCUT2D eigenvalue weighted by molar-refractivity contribution is 0.0695. The molecular weight excluding hydrogens is 316 g/mol. The Balaban J connectivity index is 2.23. The van der Waals surface area contributed by atoms with Crippen molar-refractivity contribution in [2.45, 2.75) is 36.6 Å². The van der Waals surface area contributed by atoms with E-state index in [9.17, 15) is 13.6 Å². The average molecular weight is 332 g/mol. The summed E-state index contributed by atoms with van der Waals surface area (Å²) >= 11 is 3.55. The van der Waals surface area contributed by atoms with Gasteiger partial charge in [0.25, 0.3) is 5.91 Å². The van der Waals surface area contributed by atoms with E-state index < -0.39 is 23.1 Å². The Hall–Kier alpha value is -0.970. The minimum atomic E-state index is -0.807. The summed E-state index contributed by atoms with van der Waals surface area (Å²) in [5, 5.41) is 0. The van der Waals surface area contributed by atoms with Crippen molar-refractivity contribution in [3.05, 3.63) is 35.4 Å². The highest BCUT2D eigenvalue weighted by Crippen LogP contribution is 2.29. The fourth-order valence-corrected chi connectivity index (χ4v) is 3.47. The molecule has 2 unspecified atom stereocenters. The predicted molar refractivity (Wildman–Crippen MR) is 73.4 cm³/mol. The first-order valence-electron chi connectivity index (χ1n) is 6.37. The van der Waals surface area contributed by atoms with Crippen LogP contribution in [-0.2, 0) is 0 Å². The molecule has 0 aromatic heterocycles. The summed E-state index contributed by atoms with van der Waals surface area (Å²) in [5.41, 5.74) is -0.463. The Morgan fingerprint density at radius 1 is 1.26 bits per heavy atom. The van der Waals surface area contributed by atoms with Crippen LogP contribution in [0.4, 0.5) is 8.78 Å². The molecule has 1 aromatic carbocycles. The zero-order valence-electron chi connectivity index (χ0n) is 10.7. The van der Waals surface area contributed by atoms with Crippen LogP contribution < -0.4 is 0 Å². The number of benzene rings is 1. The number of nitrogens with zero attached hydrogens (tertiary/aromatic N) is 1. The van der Waals surface area contributed by atoms with Crippen LogP contribution >= 0.6 is 15.9 Å². The topological polar surface area (TPSA) is 20.3 Å². The second-order valence-corrected chi connectivity index (χ2v) is 6.06. The van der Waals surface area contributed by atoms with Crippen molar-refractivity contribution in [1.29, 1.82) is 0 Å². The van der Waals surface area contributed by atoms with Gasteiger partial charge in [0.15, 0.2) is 0 Å². The van der Waals surface area contributed by atoms with Gasteiger partial charge in [-0.1, -0.05) is 34.8 Å². The summed E-state index contributed by atoms with van der Waals surface area (Å²) in [6, 6.07) is 3.46. The standard InChI is InChI=1S/C14H16BrF2NO/c1-18(12-8-3-2-5-9(12)15)14(19)13-10(16)6-4-7-11(13)17/h4,6-7,9,12H,2-3,5,8H2,1H3. The van der Waals surface area contributed by atoms with Gasteiger partial charge in [0.2, 0.25) is 0 Å². The molecule has 0 saturated heterocycles. The Kier molecular flexibility index (Phi) is 4.55. The molecule has 2 rings (SSSR count). The maximum absolute atomic E-state index is 13.6. The molecule has 5 heteroatoms. The number of hydrogen-bond donors (Lipinski definition) is 0. The highest BCUT2D eigenvalue weighted by Gasteiger charge is 2.31. The molecule has 0 aliphatic heterocycles. The van der Waals surface area contributed by atoms with E-state index in [1.54, 1.807) is 7.05 Å². The lowest BCUT2D eigenvalue weighted by Gasteiger charge is -2.35. The van der Waals surface area contributed by atoms with E-state index >= 15 is 0 Å². The molecule has 2 atom stereocenters. The van der Waals surface area contributed by atoms with Crippen molar-refractivity contribution in [2.75, 3.05) is 7.05 Å². The molecule has 1 fully saturated rings. The van der Waals surface area contributed by atoms with Crippen molar-refractivity contribution in [3.63, 3.8) is 0 Å². The molecule has 1 aliphatic carbocycles. The molecular formula is C14H16BrF2NO. The minimum absolute atomic E-state index is 0.0137. The fourth-order valence-electron chi connectivity index (χ4n) is 2.53. The first-order valence-corrected chi connectivity index (χ1v) is 7.29. The lowest BCUT2D eigenvalue weighted by Crippen LogP contribution is -2.44. The van der Waals surface area contributed by atoms with E-state index in [1.807, 2.05) is 0 Å². The van der Waals surface area contributed by atoms with Gasteiger partial charge in [0.1, 0.15) is 17.2 Å². The number of amides is 1. The molecule has 1 saturated carbocycles. The highest BCUT2D eigenvalue weighted by molar-refractivity contribution is 9.09. The summed E-state index contributed by atoms with van der Waals surface area (Å²) in [6.07, 6.45) is 3.98. The zero-order valence-corrected chi connectivity index (χ0v) is 12.3. The zero-order chi connectivity index (χ0) is 14.0. The van der Waals surface area contributed by atoms with Crippen molar-refractivity contribution < 1.29 is 13.6 Å². The van der Waals surface area contributed by atoms with Gasteiger partial charge in [-0.15, -0.1) is 0 Å². The molecule has 0 spiro atoms. The third kappa shape index (κ3) is 2.96. The van der Waals surface area contributed by atoms with Crippen LogP contribution in [0.25, 0.3) is 0 Å². The van der Waals surface area contributed by atoms with Gasteiger partial charge in [0.05, 0.1) is 0 Å². The summed E-state index contributed by atoms with van der Waals surface area (Å²) in [5.74, 6) is -2.20. The van der Waals surface area contributed by atoms with Crippen molar-refractivity contribution in [1.82, 2.24) is 4.90 Å². The van der Waals surface area contributed by atoms with E-state index in [-0.39, 0.29) is 10.9 Å². The fraction of sp³-hybridized carbons (Fsp3) is 0.500. The van der Waals surface area contributed by atoms with Gasteiger partial charge >= 0.3 is 0 Å². The number of carbonyl (C=O) groups excluding carboxylic acids is 1. The highest BCUT2D eigenvalue weighted by atomic mass is 79.9. The molecule has 19 heavy (non-hydrogen) atoms. The Morgan fingerprint density at radius 2 is 1.84 bits per heavy atom. The summed E-state index contributed by atoms with van der Waals surface area (Å²) in [6.45, 7) is 0. The monoisotopic (exact) mass is 331 g/mol. The van der Waals surface area contributed by atoms with E-state index in [0.717, 1.165) is 37.8 Å². The number of carbonyl (C=O) groups is 1. The molecule has 1 aliphatic rings. The van der Waals surface area contributed by atoms with Crippen LogP contribution in [0, 0.1) is 11.6 Å². The van der Waals surface area contributed by atoms with Crippen molar-refractivity contribution in [2.24, 2.45) is 0 Å². The van der Waals surface area contributed by atoms with E-state index in [2.05, 4.69) is 15.9 Å². The minimum Gasteiger partial charge on any atom is -0.337 e. The van der Waals surface area contributed by atoms with Crippen LogP contribution in [0.5, 0.6) is 0 Å². The van der Waals surface area contributed by atoms with Gasteiger partial charge in [-0.2, -0.15) is 0 Å². The average Bonchev–Trinajstić information content (AvgIpc) is 2.38. The molecule has 104 valence electrons. The molecule has 0 heterocycles. The van der Waals surface area contributed by atoms with Gasteiger partial charge in [-0.25, -0.2) is 8.78 Å². The van der Waals surface area contributed by atoms with E-state index in [0.29, 0.717) is 0 Å². The second kappa shape index (κ2) is 5.99. The number of halogens is 3. The number of hydrogen-bond acceptors (Lipinski definition) is 1. The van der Waals surface area contributed by atoms with Crippen LogP contribution in [0.3, 0.4) is 0 Å². The SMILES string of the molecule is CN(C(=O)c1c(F)cccc1F)C1CCCCC1Br. The maximum atomic E-state index is 13.6.